The average Bonchev–Trinajstić information content (AvgIpc) is 2.33. The second kappa shape index (κ2) is 3.22. The first-order valence-corrected chi connectivity index (χ1v) is 4.13. The number of hydrogen-bond acceptors (Lipinski definition) is 3. The Bertz CT molecular complexity index is 153. The molecule has 0 aliphatic carbocycles. The number of hydrazone groups is 1. The van der Waals surface area contributed by atoms with Crippen LogP contribution in [0.15, 0.2) is 5.10 Å². The third-order valence-electron chi connectivity index (χ3n) is 2.53. The Hall–Kier alpha value is -0.570. The molecule has 3 atom stereocenters. The highest BCUT2D eigenvalue weighted by atomic mass is 15.5. The fraction of sp³-hybridized carbons (Fsp3) is 0.875. The summed E-state index contributed by atoms with van der Waals surface area (Å²) in [6.45, 7) is 4.23. The van der Waals surface area contributed by atoms with Crippen molar-refractivity contribution in [1.29, 1.82) is 0 Å². The van der Waals surface area contributed by atoms with Crippen LogP contribution in [0.25, 0.3) is 0 Å². The molecule has 0 saturated heterocycles. The Morgan fingerprint density at radius 3 is 2.64 bits per heavy atom. The summed E-state index contributed by atoms with van der Waals surface area (Å²) >= 11 is 0. The van der Waals surface area contributed by atoms with Crippen LogP contribution >= 0.6 is 0 Å². The van der Waals surface area contributed by atoms with Crippen LogP contribution in [0.4, 0.5) is 0 Å². The van der Waals surface area contributed by atoms with Gasteiger partial charge in [0.15, 0.2) is 0 Å². The van der Waals surface area contributed by atoms with Crippen molar-refractivity contribution in [3.63, 3.8) is 0 Å². The van der Waals surface area contributed by atoms with Crippen molar-refractivity contribution in [1.82, 2.24) is 5.01 Å². The summed E-state index contributed by atoms with van der Waals surface area (Å²) in [4.78, 5) is 0. The Labute approximate surface area is 68.3 Å². The topological polar surface area (TPSA) is 41.6 Å². The van der Waals surface area contributed by atoms with Gasteiger partial charge < -0.3 is 5.73 Å². The van der Waals surface area contributed by atoms with Crippen LogP contribution in [0.5, 0.6) is 0 Å². The SMILES string of the molecule is C[C@H](C1CC=NN1C)[C@@H](C)N. The summed E-state index contributed by atoms with van der Waals surface area (Å²) in [5.74, 6) is 0.516. The smallest absolute Gasteiger partial charge is 0.0557 e. The van der Waals surface area contributed by atoms with Crippen molar-refractivity contribution in [2.45, 2.75) is 32.4 Å². The first kappa shape index (κ1) is 8.53. The van der Waals surface area contributed by atoms with Gasteiger partial charge in [0.25, 0.3) is 0 Å². The summed E-state index contributed by atoms with van der Waals surface area (Å²) in [5, 5.41) is 6.18. The third-order valence-corrected chi connectivity index (χ3v) is 2.53. The Morgan fingerprint density at radius 2 is 2.27 bits per heavy atom. The maximum absolute atomic E-state index is 5.80. The lowest BCUT2D eigenvalue weighted by molar-refractivity contribution is 0.200. The fourth-order valence-corrected chi connectivity index (χ4v) is 1.43. The standard InChI is InChI=1S/C8H17N3/c1-6(7(2)9)8-4-5-10-11(8)3/h5-8H,4,9H2,1-3H3/t6-,7+,8?/m0/s1. The third kappa shape index (κ3) is 1.71. The summed E-state index contributed by atoms with van der Waals surface area (Å²) < 4.78 is 0. The predicted octanol–water partition coefficient (Wildman–Crippen LogP) is 0.660. The molecule has 0 bridgehead atoms. The van der Waals surface area contributed by atoms with Gasteiger partial charge in [-0.3, -0.25) is 5.01 Å². The highest BCUT2D eigenvalue weighted by Gasteiger charge is 2.25. The zero-order chi connectivity index (χ0) is 8.43. The van der Waals surface area contributed by atoms with Gasteiger partial charge in [0.1, 0.15) is 0 Å². The molecule has 0 aromatic rings. The molecule has 0 aromatic carbocycles. The summed E-state index contributed by atoms with van der Waals surface area (Å²) in [6.07, 6.45) is 3.00. The van der Waals surface area contributed by atoms with Crippen LogP contribution in [-0.4, -0.2) is 30.4 Å². The van der Waals surface area contributed by atoms with Crippen molar-refractivity contribution >= 4 is 6.21 Å². The molecule has 0 aromatic heterocycles. The monoisotopic (exact) mass is 155 g/mol. The minimum Gasteiger partial charge on any atom is -0.328 e. The van der Waals surface area contributed by atoms with Gasteiger partial charge in [-0.15, -0.1) is 0 Å². The van der Waals surface area contributed by atoms with Crippen molar-refractivity contribution in [2.24, 2.45) is 16.8 Å². The van der Waals surface area contributed by atoms with Gasteiger partial charge in [0.2, 0.25) is 0 Å². The highest BCUT2D eigenvalue weighted by Crippen LogP contribution is 2.19. The van der Waals surface area contributed by atoms with Crippen LogP contribution in [0.3, 0.4) is 0 Å². The average molecular weight is 155 g/mol. The number of hydrogen-bond donors (Lipinski definition) is 1. The van der Waals surface area contributed by atoms with E-state index in [4.69, 9.17) is 5.73 Å². The molecule has 3 heteroatoms. The van der Waals surface area contributed by atoms with Crippen molar-refractivity contribution < 1.29 is 0 Å². The van der Waals surface area contributed by atoms with Gasteiger partial charge in [-0.1, -0.05) is 6.92 Å². The van der Waals surface area contributed by atoms with Crippen LogP contribution in [0, 0.1) is 5.92 Å². The Kier molecular flexibility index (Phi) is 2.49. The Balaban J connectivity index is 2.48. The lowest BCUT2D eigenvalue weighted by Crippen LogP contribution is -2.39. The molecule has 3 nitrogen and oxygen atoms in total. The molecule has 1 unspecified atom stereocenters. The quantitative estimate of drug-likeness (QED) is 0.636. The van der Waals surface area contributed by atoms with E-state index in [1.54, 1.807) is 0 Å². The number of rotatable bonds is 2. The van der Waals surface area contributed by atoms with E-state index in [1.165, 1.54) is 0 Å². The molecule has 2 N–H and O–H groups in total. The van der Waals surface area contributed by atoms with Gasteiger partial charge in [-0.2, -0.15) is 5.10 Å². The molecule has 1 aliphatic rings. The summed E-state index contributed by atoms with van der Waals surface area (Å²) in [5.41, 5.74) is 5.80. The zero-order valence-corrected chi connectivity index (χ0v) is 7.49. The second-order valence-electron chi connectivity index (χ2n) is 3.39. The fourth-order valence-electron chi connectivity index (χ4n) is 1.43. The van der Waals surface area contributed by atoms with Crippen molar-refractivity contribution in [3.05, 3.63) is 0 Å². The molecule has 1 heterocycles. The van der Waals surface area contributed by atoms with Gasteiger partial charge >= 0.3 is 0 Å². The van der Waals surface area contributed by atoms with Crippen LogP contribution in [0.2, 0.25) is 0 Å². The molecule has 0 fully saturated rings. The van der Waals surface area contributed by atoms with E-state index in [-0.39, 0.29) is 6.04 Å². The number of nitrogens with zero attached hydrogens (tertiary/aromatic N) is 2. The van der Waals surface area contributed by atoms with E-state index in [0.717, 1.165) is 6.42 Å². The van der Waals surface area contributed by atoms with Gasteiger partial charge in [-0.25, -0.2) is 0 Å². The highest BCUT2D eigenvalue weighted by molar-refractivity contribution is 5.59. The molecule has 0 spiro atoms. The van der Waals surface area contributed by atoms with E-state index >= 15 is 0 Å². The first-order chi connectivity index (χ1) is 5.13. The minimum atomic E-state index is 0.254. The predicted molar refractivity (Wildman–Crippen MR) is 47.5 cm³/mol. The molecule has 0 amide bonds. The van der Waals surface area contributed by atoms with E-state index in [2.05, 4.69) is 18.9 Å². The minimum absolute atomic E-state index is 0.254. The lowest BCUT2D eigenvalue weighted by atomic mass is 9.94. The molecule has 0 saturated carbocycles. The maximum Gasteiger partial charge on any atom is 0.0557 e. The molecular weight excluding hydrogens is 138 g/mol. The van der Waals surface area contributed by atoms with Gasteiger partial charge in [-0.05, 0) is 12.8 Å². The zero-order valence-electron chi connectivity index (χ0n) is 7.49. The first-order valence-electron chi connectivity index (χ1n) is 4.13. The molecule has 64 valence electrons. The largest absolute Gasteiger partial charge is 0.328 e. The van der Waals surface area contributed by atoms with Crippen LogP contribution in [0.1, 0.15) is 20.3 Å². The van der Waals surface area contributed by atoms with E-state index in [9.17, 15) is 0 Å². The van der Waals surface area contributed by atoms with E-state index in [1.807, 2.05) is 18.3 Å². The van der Waals surface area contributed by atoms with Crippen molar-refractivity contribution in [2.75, 3.05) is 7.05 Å². The van der Waals surface area contributed by atoms with Gasteiger partial charge in [0, 0.05) is 25.7 Å². The molecule has 11 heavy (non-hydrogen) atoms. The van der Waals surface area contributed by atoms with E-state index in [0.29, 0.717) is 12.0 Å². The summed E-state index contributed by atoms with van der Waals surface area (Å²) in [6, 6.07) is 0.763. The molecule has 0 radical (unpaired) electrons. The molecule has 1 rings (SSSR count). The van der Waals surface area contributed by atoms with Crippen LogP contribution < -0.4 is 5.73 Å². The van der Waals surface area contributed by atoms with Gasteiger partial charge in [0.05, 0.1) is 6.04 Å². The maximum atomic E-state index is 5.80. The van der Waals surface area contributed by atoms with Crippen molar-refractivity contribution in [3.8, 4) is 0 Å². The summed E-state index contributed by atoms with van der Waals surface area (Å²) in [7, 11) is 2.01. The number of nitrogens with two attached hydrogens (primary N) is 1. The second-order valence-corrected chi connectivity index (χ2v) is 3.39. The van der Waals surface area contributed by atoms with Crippen LogP contribution in [-0.2, 0) is 0 Å². The normalized spacial score (nSPS) is 29.1. The molecule has 1 aliphatic heterocycles. The Morgan fingerprint density at radius 1 is 1.64 bits per heavy atom. The molecular formula is C8H17N3. The van der Waals surface area contributed by atoms with E-state index < -0.39 is 0 Å². The lowest BCUT2D eigenvalue weighted by Gasteiger charge is -2.27.